The van der Waals surface area contributed by atoms with Crippen LogP contribution in [-0.4, -0.2) is 61.2 Å². The van der Waals surface area contributed by atoms with Gasteiger partial charge < -0.3 is 19.3 Å². The van der Waals surface area contributed by atoms with Crippen LogP contribution in [0.25, 0.3) is 0 Å². The Kier molecular flexibility index (Phi) is 6.90. The van der Waals surface area contributed by atoms with Gasteiger partial charge in [-0.1, -0.05) is 31.0 Å². The third kappa shape index (κ3) is 5.44. The third-order valence-electron chi connectivity index (χ3n) is 4.00. The third-order valence-corrected chi connectivity index (χ3v) is 4.00. The highest BCUT2D eigenvalue weighted by atomic mass is 16.6. The lowest BCUT2D eigenvalue weighted by atomic mass is 10.2. The molecule has 6 nitrogen and oxygen atoms in total. The molecule has 0 N–H and O–H groups in total. The summed E-state index contributed by atoms with van der Waals surface area (Å²) in [5.41, 5.74) is 1.15. The summed E-state index contributed by atoms with van der Waals surface area (Å²) in [4.78, 5) is 27.4. The van der Waals surface area contributed by atoms with Gasteiger partial charge in [-0.15, -0.1) is 0 Å². The maximum Gasteiger partial charge on any atom is 0.409 e. The van der Waals surface area contributed by atoms with Crippen LogP contribution in [0.1, 0.15) is 25.3 Å². The largest absolute Gasteiger partial charge is 0.484 e. The fourth-order valence-electron chi connectivity index (χ4n) is 2.40. The van der Waals surface area contributed by atoms with Gasteiger partial charge in [0.1, 0.15) is 5.75 Å². The highest BCUT2D eigenvalue weighted by Gasteiger charge is 2.25. The molecule has 1 fully saturated rings. The molecule has 0 radical (unpaired) electrons. The van der Waals surface area contributed by atoms with E-state index >= 15 is 0 Å². The topological polar surface area (TPSA) is 59.1 Å². The van der Waals surface area contributed by atoms with Crippen LogP contribution in [0, 0.1) is 6.92 Å². The molecule has 0 aliphatic carbocycles. The number of unbranched alkanes of at least 4 members (excludes halogenated alkanes) is 1. The van der Waals surface area contributed by atoms with E-state index in [9.17, 15) is 9.59 Å². The minimum absolute atomic E-state index is 0.0179. The van der Waals surface area contributed by atoms with Gasteiger partial charge in [-0.3, -0.25) is 4.79 Å². The van der Waals surface area contributed by atoms with Crippen molar-refractivity contribution in [3.05, 3.63) is 29.8 Å². The molecule has 1 aliphatic rings. The van der Waals surface area contributed by atoms with Gasteiger partial charge in [0.05, 0.1) is 6.61 Å². The second-order valence-corrected chi connectivity index (χ2v) is 5.94. The normalized spacial score (nSPS) is 14.4. The van der Waals surface area contributed by atoms with Gasteiger partial charge in [0.2, 0.25) is 0 Å². The van der Waals surface area contributed by atoms with Crippen LogP contribution in [0.4, 0.5) is 4.79 Å². The predicted molar refractivity (Wildman–Crippen MR) is 91.1 cm³/mol. The molecular weight excluding hydrogens is 308 g/mol. The van der Waals surface area contributed by atoms with E-state index in [-0.39, 0.29) is 18.6 Å². The fraction of sp³-hybridized carbons (Fsp3) is 0.556. The SMILES string of the molecule is CCCCOC(=O)N1CCN(C(=O)COc2ccc(C)cc2)CC1. The van der Waals surface area contributed by atoms with E-state index in [1.807, 2.05) is 31.2 Å². The highest BCUT2D eigenvalue weighted by molar-refractivity contribution is 5.78. The van der Waals surface area contributed by atoms with Crippen LogP contribution in [0.5, 0.6) is 5.75 Å². The van der Waals surface area contributed by atoms with Gasteiger partial charge in [-0.05, 0) is 25.5 Å². The number of ether oxygens (including phenoxy) is 2. The van der Waals surface area contributed by atoms with Crippen molar-refractivity contribution in [1.82, 2.24) is 9.80 Å². The molecule has 1 heterocycles. The monoisotopic (exact) mass is 334 g/mol. The molecule has 2 rings (SSSR count). The maximum absolute atomic E-state index is 12.2. The van der Waals surface area contributed by atoms with Crippen LogP contribution < -0.4 is 4.74 Å². The number of aryl methyl sites for hydroxylation is 1. The van der Waals surface area contributed by atoms with Crippen molar-refractivity contribution in [2.24, 2.45) is 0 Å². The predicted octanol–water partition coefficient (Wildman–Crippen LogP) is 2.45. The summed E-state index contributed by atoms with van der Waals surface area (Å²) in [7, 11) is 0. The van der Waals surface area contributed by atoms with Crippen LogP contribution in [-0.2, 0) is 9.53 Å². The number of piperazine rings is 1. The minimum Gasteiger partial charge on any atom is -0.484 e. The minimum atomic E-state index is -0.286. The smallest absolute Gasteiger partial charge is 0.409 e. The number of benzene rings is 1. The molecule has 24 heavy (non-hydrogen) atoms. The summed E-state index contributed by atoms with van der Waals surface area (Å²) in [6.45, 7) is 6.56. The molecule has 1 aromatic rings. The lowest BCUT2D eigenvalue weighted by molar-refractivity contribution is -0.134. The average molecular weight is 334 g/mol. The summed E-state index contributed by atoms with van der Waals surface area (Å²) in [6.07, 6.45) is 1.59. The van der Waals surface area contributed by atoms with Crippen LogP contribution in [0.2, 0.25) is 0 Å². The second kappa shape index (κ2) is 9.15. The molecule has 0 aromatic heterocycles. The van der Waals surface area contributed by atoms with Crippen molar-refractivity contribution in [2.45, 2.75) is 26.7 Å². The summed E-state index contributed by atoms with van der Waals surface area (Å²) in [6, 6.07) is 7.60. The first-order chi connectivity index (χ1) is 11.6. The Balaban J connectivity index is 1.70. The molecule has 0 bridgehead atoms. The molecular formula is C18H26N2O4. The summed E-state index contributed by atoms with van der Waals surface area (Å²) in [5, 5.41) is 0. The van der Waals surface area contributed by atoms with Crippen molar-refractivity contribution in [1.29, 1.82) is 0 Å². The van der Waals surface area contributed by atoms with Crippen molar-refractivity contribution < 1.29 is 19.1 Å². The summed E-state index contributed by atoms with van der Waals surface area (Å²) < 4.78 is 10.7. The Labute approximate surface area is 143 Å². The van der Waals surface area contributed by atoms with Crippen LogP contribution in [0.15, 0.2) is 24.3 Å². The van der Waals surface area contributed by atoms with Gasteiger partial charge in [0.25, 0.3) is 5.91 Å². The van der Waals surface area contributed by atoms with E-state index in [0.717, 1.165) is 18.4 Å². The summed E-state index contributed by atoms with van der Waals surface area (Å²) >= 11 is 0. The molecule has 0 saturated carbocycles. The van der Waals surface area contributed by atoms with Gasteiger partial charge in [-0.25, -0.2) is 4.79 Å². The molecule has 6 heteroatoms. The van der Waals surface area contributed by atoms with Gasteiger partial charge in [0, 0.05) is 26.2 Å². The molecule has 1 aromatic carbocycles. The van der Waals surface area contributed by atoms with E-state index in [4.69, 9.17) is 9.47 Å². The number of hydrogen-bond donors (Lipinski definition) is 0. The van der Waals surface area contributed by atoms with Crippen LogP contribution in [0.3, 0.4) is 0 Å². The van der Waals surface area contributed by atoms with Crippen LogP contribution >= 0.6 is 0 Å². The fourth-order valence-corrected chi connectivity index (χ4v) is 2.40. The number of amides is 2. The number of hydrogen-bond acceptors (Lipinski definition) is 4. The Bertz CT molecular complexity index is 536. The van der Waals surface area contributed by atoms with E-state index in [1.165, 1.54) is 0 Å². The van der Waals surface area contributed by atoms with Crippen molar-refractivity contribution in [3.8, 4) is 5.75 Å². The Hall–Kier alpha value is -2.24. The van der Waals surface area contributed by atoms with E-state index < -0.39 is 0 Å². The molecule has 0 atom stereocenters. The zero-order valence-electron chi connectivity index (χ0n) is 14.5. The first-order valence-corrected chi connectivity index (χ1v) is 8.49. The highest BCUT2D eigenvalue weighted by Crippen LogP contribution is 2.12. The zero-order valence-corrected chi connectivity index (χ0v) is 14.5. The number of rotatable bonds is 6. The Morgan fingerprint density at radius 1 is 1.04 bits per heavy atom. The lowest BCUT2D eigenvalue weighted by Gasteiger charge is -2.34. The first-order valence-electron chi connectivity index (χ1n) is 8.49. The summed E-state index contributed by atoms with van der Waals surface area (Å²) in [5.74, 6) is 0.627. The van der Waals surface area contributed by atoms with Gasteiger partial charge >= 0.3 is 6.09 Å². The maximum atomic E-state index is 12.2. The van der Waals surface area contributed by atoms with Crippen molar-refractivity contribution in [3.63, 3.8) is 0 Å². The van der Waals surface area contributed by atoms with Crippen molar-refractivity contribution in [2.75, 3.05) is 39.4 Å². The van der Waals surface area contributed by atoms with E-state index in [2.05, 4.69) is 6.92 Å². The molecule has 1 aliphatic heterocycles. The quantitative estimate of drug-likeness (QED) is 0.750. The first kappa shape index (κ1) is 18.1. The average Bonchev–Trinajstić information content (AvgIpc) is 2.61. The van der Waals surface area contributed by atoms with E-state index in [1.54, 1.807) is 9.80 Å². The Morgan fingerprint density at radius 2 is 1.67 bits per heavy atom. The number of carbonyl (C=O) groups is 2. The zero-order chi connectivity index (χ0) is 17.4. The van der Waals surface area contributed by atoms with Crippen molar-refractivity contribution >= 4 is 12.0 Å². The molecule has 2 amide bonds. The molecule has 132 valence electrons. The number of nitrogens with zero attached hydrogens (tertiary/aromatic N) is 2. The number of carbonyl (C=O) groups excluding carboxylic acids is 2. The van der Waals surface area contributed by atoms with E-state index in [0.29, 0.717) is 38.5 Å². The molecule has 0 spiro atoms. The molecule has 1 saturated heterocycles. The van der Waals surface area contributed by atoms with Gasteiger partial charge in [0.15, 0.2) is 6.61 Å². The van der Waals surface area contributed by atoms with Gasteiger partial charge in [-0.2, -0.15) is 0 Å². The standard InChI is InChI=1S/C18H26N2O4/c1-3-4-13-23-18(22)20-11-9-19(10-12-20)17(21)14-24-16-7-5-15(2)6-8-16/h5-8H,3-4,9-14H2,1-2H3. The lowest BCUT2D eigenvalue weighted by Crippen LogP contribution is -2.51. The Morgan fingerprint density at radius 3 is 2.29 bits per heavy atom. The second-order valence-electron chi connectivity index (χ2n) is 5.94. The molecule has 0 unspecified atom stereocenters.